The maximum absolute atomic E-state index is 14.1. The first-order chi connectivity index (χ1) is 21.0. The molecule has 1 amide bonds. The number of halogens is 2. The number of carbonyl (C=O) groups is 2. The second kappa shape index (κ2) is 14.9. The molecule has 44 heavy (non-hydrogen) atoms. The number of hydrogen-bond donors (Lipinski definition) is 3. The summed E-state index contributed by atoms with van der Waals surface area (Å²) in [6.07, 6.45) is -0.370. The summed E-state index contributed by atoms with van der Waals surface area (Å²) in [4.78, 5) is 31.9. The Bertz CT molecular complexity index is 1460. The molecule has 0 spiro atoms. The van der Waals surface area contributed by atoms with Crippen molar-refractivity contribution in [3.8, 4) is 5.75 Å². The van der Waals surface area contributed by atoms with Crippen LogP contribution >= 0.6 is 23.2 Å². The molecule has 0 aliphatic carbocycles. The number of carbonyl (C=O) groups excluding carboxylic acids is 2. The predicted molar refractivity (Wildman–Crippen MR) is 170 cm³/mol. The molecule has 0 unspecified atom stereocenters. The van der Waals surface area contributed by atoms with Gasteiger partial charge >= 0.3 is 5.97 Å². The average Bonchev–Trinajstić information content (AvgIpc) is 3.39. The van der Waals surface area contributed by atoms with Gasteiger partial charge in [0.1, 0.15) is 11.4 Å². The van der Waals surface area contributed by atoms with Gasteiger partial charge in [0.15, 0.2) is 11.6 Å². The monoisotopic (exact) mass is 641 g/mol. The van der Waals surface area contributed by atoms with Crippen molar-refractivity contribution in [2.45, 2.75) is 63.8 Å². The molecule has 1 heterocycles. The minimum absolute atomic E-state index is 0.0214. The van der Waals surface area contributed by atoms with Gasteiger partial charge in [0.2, 0.25) is 5.90 Å². The lowest BCUT2D eigenvalue weighted by Crippen LogP contribution is -2.52. The van der Waals surface area contributed by atoms with E-state index in [4.69, 9.17) is 47.5 Å². The zero-order valence-electron chi connectivity index (χ0n) is 24.9. The van der Waals surface area contributed by atoms with Crippen molar-refractivity contribution in [2.75, 3.05) is 13.2 Å². The van der Waals surface area contributed by atoms with Gasteiger partial charge in [-0.05, 0) is 74.7 Å². The van der Waals surface area contributed by atoms with Crippen LogP contribution in [0.3, 0.4) is 0 Å². The summed E-state index contributed by atoms with van der Waals surface area (Å²) in [5.41, 5.74) is 5.69. The van der Waals surface area contributed by atoms with Crippen molar-refractivity contribution in [3.63, 3.8) is 0 Å². The number of rotatable bonds is 13. The highest BCUT2D eigenvalue weighted by Gasteiger charge is 2.53. The topological polar surface area (TPSA) is 118 Å². The molecular formula is C33H37Cl2N3O6. The molecule has 2 atom stereocenters. The molecular weight excluding hydrogens is 605 g/mol. The second-order valence-corrected chi connectivity index (χ2v) is 12.2. The highest BCUT2D eigenvalue weighted by atomic mass is 35.5. The molecule has 0 radical (unpaired) electrons. The van der Waals surface area contributed by atoms with Crippen molar-refractivity contribution < 1.29 is 28.9 Å². The van der Waals surface area contributed by atoms with Gasteiger partial charge in [-0.3, -0.25) is 15.0 Å². The van der Waals surface area contributed by atoms with E-state index >= 15 is 0 Å². The van der Waals surface area contributed by atoms with Gasteiger partial charge in [0, 0.05) is 31.6 Å². The Hall–Kier alpha value is -3.63. The van der Waals surface area contributed by atoms with Crippen LogP contribution in [0.15, 0.2) is 77.8 Å². The number of nitrogens with one attached hydrogen (secondary N) is 2. The molecule has 9 nitrogen and oxygen atoms in total. The molecule has 0 bridgehead atoms. The second-order valence-electron chi connectivity index (χ2n) is 11.3. The van der Waals surface area contributed by atoms with Crippen molar-refractivity contribution in [3.05, 3.63) is 99.5 Å². The molecule has 0 saturated heterocycles. The Morgan fingerprint density at radius 3 is 2.41 bits per heavy atom. The van der Waals surface area contributed by atoms with Gasteiger partial charge in [-0.15, -0.1) is 0 Å². The summed E-state index contributed by atoms with van der Waals surface area (Å²) in [6.45, 7) is 6.06. The lowest BCUT2D eigenvalue weighted by molar-refractivity contribution is -0.155. The SMILES string of the molecule is CC(C)(C)OC(=O)CC[C@]1(C(=O)NNCc2ccc(Cl)c(Cl)c2)N=C(c2ccc(OCCCO)cc2)O[C@H]1c1ccccc1. The largest absolute Gasteiger partial charge is 0.494 e. The van der Waals surface area contributed by atoms with Crippen LogP contribution in [0.2, 0.25) is 10.0 Å². The fourth-order valence-electron chi connectivity index (χ4n) is 4.67. The maximum atomic E-state index is 14.1. The van der Waals surface area contributed by atoms with Crippen LogP contribution in [0.1, 0.15) is 62.8 Å². The van der Waals surface area contributed by atoms with Crippen molar-refractivity contribution >= 4 is 41.0 Å². The lowest BCUT2D eigenvalue weighted by atomic mass is 9.83. The van der Waals surface area contributed by atoms with Crippen LogP contribution in [0.4, 0.5) is 0 Å². The summed E-state index contributed by atoms with van der Waals surface area (Å²) in [5, 5.41) is 9.86. The van der Waals surface area contributed by atoms with E-state index in [1.807, 2.05) is 30.3 Å². The van der Waals surface area contributed by atoms with Gasteiger partial charge < -0.3 is 19.3 Å². The zero-order chi connectivity index (χ0) is 31.7. The number of benzene rings is 3. The Labute approximate surface area is 267 Å². The minimum Gasteiger partial charge on any atom is -0.494 e. The number of hydrogen-bond acceptors (Lipinski definition) is 8. The number of hydrazine groups is 1. The molecule has 234 valence electrons. The van der Waals surface area contributed by atoms with E-state index in [0.29, 0.717) is 34.4 Å². The van der Waals surface area contributed by atoms with Gasteiger partial charge in [0.05, 0.1) is 16.7 Å². The highest BCUT2D eigenvalue weighted by molar-refractivity contribution is 6.42. The molecule has 3 aromatic carbocycles. The fourth-order valence-corrected chi connectivity index (χ4v) is 4.99. The lowest BCUT2D eigenvalue weighted by Gasteiger charge is -2.31. The zero-order valence-corrected chi connectivity index (χ0v) is 26.5. The van der Waals surface area contributed by atoms with Crippen LogP contribution in [0.25, 0.3) is 0 Å². The van der Waals surface area contributed by atoms with Crippen LogP contribution in [-0.4, -0.2) is 47.2 Å². The molecule has 4 rings (SSSR count). The summed E-state index contributed by atoms with van der Waals surface area (Å²) >= 11 is 12.2. The quantitative estimate of drug-likeness (QED) is 0.120. The van der Waals surface area contributed by atoms with Crippen LogP contribution in [0.5, 0.6) is 5.75 Å². The van der Waals surface area contributed by atoms with Crippen LogP contribution in [-0.2, 0) is 25.6 Å². The maximum Gasteiger partial charge on any atom is 0.306 e. The summed E-state index contributed by atoms with van der Waals surface area (Å²) in [5.74, 6) is -0.0485. The van der Waals surface area contributed by atoms with Crippen LogP contribution in [0, 0.1) is 0 Å². The third kappa shape index (κ3) is 8.72. The first-order valence-corrected chi connectivity index (χ1v) is 15.1. The molecule has 3 aromatic rings. The molecule has 0 saturated carbocycles. The van der Waals surface area contributed by atoms with Crippen molar-refractivity contribution in [1.29, 1.82) is 0 Å². The van der Waals surface area contributed by atoms with Gasteiger partial charge in [0.25, 0.3) is 5.91 Å². The fraction of sp³-hybridized carbons (Fsp3) is 0.364. The Morgan fingerprint density at radius 1 is 1.02 bits per heavy atom. The highest BCUT2D eigenvalue weighted by Crippen LogP contribution is 2.43. The van der Waals surface area contributed by atoms with Gasteiger partial charge in [-0.25, -0.2) is 10.4 Å². The molecule has 0 aromatic heterocycles. The molecule has 0 fully saturated rings. The van der Waals surface area contributed by atoms with E-state index in [-0.39, 0.29) is 31.9 Å². The molecule has 1 aliphatic rings. The number of aliphatic imine (C=N–C) groups is 1. The first kappa shape index (κ1) is 33.3. The van der Waals surface area contributed by atoms with E-state index < -0.39 is 29.1 Å². The third-order valence-electron chi connectivity index (χ3n) is 6.74. The molecule has 1 aliphatic heterocycles. The summed E-state index contributed by atoms with van der Waals surface area (Å²) in [7, 11) is 0. The first-order valence-electron chi connectivity index (χ1n) is 14.4. The van der Waals surface area contributed by atoms with Crippen molar-refractivity contribution in [1.82, 2.24) is 10.9 Å². The smallest absolute Gasteiger partial charge is 0.306 e. The molecule has 3 N–H and O–H groups in total. The van der Waals surface area contributed by atoms with E-state index in [2.05, 4.69) is 10.9 Å². The van der Waals surface area contributed by atoms with Crippen LogP contribution < -0.4 is 15.6 Å². The van der Waals surface area contributed by atoms with E-state index in [9.17, 15) is 9.59 Å². The Balaban J connectivity index is 1.65. The number of amides is 1. The van der Waals surface area contributed by atoms with E-state index in [1.165, 1.54) is 0 Å². The Morgan fingerprint density at radius 2 is 1.75 bits per heavy atom. The van der Waals surface area contributed by atoms with E-state index in [1.54, 1.807) is 63.2 Å². The average molecular weight is 643 g/mol. The summed E-state index contributed by atoms with van der Waals surface area (Å²) in [6, 6.07) is 21.6. The Kier molecular flexibility index (Phi) is 11.3. The van der Waals surface area contributed by atoms with Gasteiger partial charge in [-0.1, -0.05) is 59.6 Å². The van der Waals surface area contributed by atoms with Crippen molar-refractivity contribution in [2.24, 2.45) is 4.99 Å². The number of aliphatic hydroxyl groups excluding tert-OH is 1. The number of ether oxygens (including phenoxy) is 3. The minimum atomic E-state index is -1.52. The standard InChI is InChI=1S/C33H37Cl2N3O6/c1-32(2,3)44-28(40)16-17-33(31(41)38-36-21-22-10-15-26(34)27(35)20-22)29(23-8-5-4-6-9-23)43-30(37-33)24-11-13-25(14-12-24)42-19-7-18-39/h4-6,8-15,20,29,36,39H,7,16-19,21H2,1-3H3,(H,38,41)/t29-,33-/m0/s1. The number of esters is 1. The molecule has 11 heteroatoms. The third-order valence-corrected chi connectivity index (χ3v) is 7.48. The number of nitrogens with zero attached hydrogens (tertiary/aromatic N) is 1. The normalized spacial score (nSPS) is 17.9. The summed E-state index contributed by atoms with van der Waals surface area (Å²) < 4.78 is 17.7. The van der Waals surface area contributed by atoms with Gasteiger partial charge in [-0.2, -0.15) is 0 Å². The number of aliphatic hydroxyl groups is 1. The predicted octanol–water partition coefficient (Wildman–Crippen LogP) is 5.95. The van der Waals surface area contributed by atoms with E-state index in [0.717, 1.165) is 11.1 Å².